The van der Waals surface area contributed by atoms with Gasteiger partial charge in [-0.3, -0.25) is 0 Å². The van der Waals surface area contributed by atoms with Crippen LogP contribution in [0.4, 0.5) is 0 Å². The highest BCUT2D eigenvalue weighted by atomic mass is 16.3. The first kappa shape index (κ1) is 32.7. The quantitative estimate of drug-likeness (QED) is 0.171. The zero-order valence-corrected chi connectivity index (χ0v) is 31.7. The molecule has 0 bridgehead atoms. The van der Waals surface area contributed by atoms with Gasteiger partial charge in [-0.05, 0) is 107 Å². The van der Waals surface area contributed by atoms with Crippen LogP contribution in [0.5, 0.6) is 0 Å². The van der Waals surface area contributed by atoms with Crippen LogP contribution in [0.2, 0.25) is 0 Å². The molecule has 0 saturated carbocycles. The molecule has 0 radical (unpaired) electrons. The average Bonchev–Trinajstić information content (AvgIpc) is 3.82. The van der Waals surface area contributed by atoms with E-state index in [1.807, 2.05) is 0 Å². The van der Waals surface area contributed by atoms with Gasteiger partial charge in [-0.25, -0.2) is 0 Å². The van der Waals surface area contributed by atoms with E-state index in [4.69, 9.17) is 4.42 Å². The summed E-state index contributed by atoms with van der Waals surface area (Å²) in [5.41, 5.74) is 16.0. The van der Waals surface area contributed by atoms with Gasteiger partial charge in [0, 0.05) is 16.3 Å². The molecule has 0 aliphatic heterocycles. The predicted octanol–water partition coefficient (Wildman–Crippen LogP) is 15.3. The van der Waals surface area contributed by atoms with Gasteiger partial charge >= 0.3 is 0 Å². The molecule has 0 unspecified atom stereocenters. The van der Waals surface area contributed by atoms with Gasteiger partial charge in [0.1, 0.15) is 11.2 Å². The molecule has 0 spiro atoms. The van der Waals surface area contributed by atoms with Crippen LogP contribution < -0.4 is 0 Å². The maximum atomic E-state index is 6.91. The van der Waals surface area contributed by atoms with Crippen molar-refractivity contribution in [2.75, 3.05) is 0 Å². The van der Waals surface area contributed by atoms with Crippen LogP contribution in [-0.2, 0) is 5.41 Å². The molecular weight excluding hydrogens is 701 g/mol. The summed E-state index contributed by atoms with van der Waals surface area (Å²) in [6.45, 7) is 0. The number of fused-ring (bicyclic) bond motifs is 8. The third-order valence-corrected chi connectivity index (χ3v) is 12.6. The number of hydrogen-bond donors (Lipinski definition) is 0. The van der Waals surface area contributed by atoms with E-state index in [0.29, 0.717) is 0 Å². The van der Waals surface area contributed by atoms with Crippen LogP contribution in [0.3, 0.4) is 0 Å². The normalized spacial score (nSPS) is 13.0. The van der Waals surface area contributed by atoms with E-state index >= 15 is 0 Å². The summed E-state index contributed by atoms with van der Waals surface area (Å²) in [4.78, 5) is 0. The van der Waals surface area contributed by atoms with Crippen LogP contribution in [0.1, 0.15) is 22.3 Å². The Morgan fingerprint density at radius 1 is 0.293 bits per heavy atom. The molecule has 0 atom stereocenters. The third-order valence-electron chi connectivity index (χ3n) is 12.6. The van der Waals surface area contributed by atoms with Crippen molar-refractivity contribution in [3.05, 3.63) is 241 Å². The van der Waals surface area contributed by atoms with Gasteiger partial charge in [0.05, 0.1) is 5.41 Å². The summed E-state index contributed by atoms with van der Waals surface area (Å²) in [6.07, 6.45) is 0. The summed E-state index contributed by atoms with van der Waals surface area (Å²) >= 11 is 0. The lowest BCUT2D eigenvalue weighted by Crippen LogP contribution is -2.28. The summed E-state index contributed by atoms with van der Waals surface area (Å²) in [7, 11) is 0. The molecule has 1 nitrogen and oxygen atoms in total. The van der Waals surface area contributed by atoms with Gasteiger partial charge < -0.3 is 4.42 Å². The lowest BCUT2D eigenvalue weighted by Gasteiger charge is -2.34. The van der Waals surface area contributed by atoms with E-state index in [2.05, 4.69) is 218 Å². The molecule has 58 heavy (non-hydrogen) atoms. The van der Waals surface area contributed by atoms with E-state index < -0.39 is 5.41 Å². The number of hydrogen-bond acceptors (Lipinski definition) is 1. The molecule has 0 fully saturated rings. The second-order valence-electron chi connectivity index (χ2n) is 15.6. The first-order valence-electron chi connectivity index (χ1n) is 20.1. The second kappa shape index (κ2) is 12.8. The second-order valence-corrected chi connectivity index (χ2v) is 15.6. The van der Waals surface area contributed by atoms with Gasteiger partial charge in [-0.15, -0.1) is 0 Å². The third kappa shape index (κ3) is 4.77. The summed E-state index contributed by atoms with van der Waals surface area (Å²) in [5, 5.41) is 7.17. The molecule has 10 aromatic carbocycles. The molecule has 1 heteroatoms. The summed E-state index contributed by atoms with van der Waals surface area (Å²) in [5.74, 6) is 0. The fourth-order valence-corrected chi connectivity index (χ4v) is 9.98. The van der Waals surface area contributed by atoms with Gasteiger partial charge in [-0.1, -0.05) is 194 Å². The Labute approximate surface area is 337 Å². The Hall–Kier alpha value is -7.48. The molecule has 0 amide bonds. The zero-order chi connectivity index (χ0) is 38.2. The van der Waals surface area contributed by atoms with Crippen molar-refractivity contribution >= 4 is 43.5 Å². The fraction of sp³-hybridized carbons (Fsp3) is 0.0175. The molecule has 1 heterocycles. The van der Waals surface area contributed by atoms with Crippen molar-refractivity contribution in [1.82, 2.24) is 0 Å². The monoisotopic (exact) mass is 736 g/mol. The van der Waals surface area contributed by atoms with Gasteiger partial charge in [0.25, 0.3) is 0 Å². The minimum atomic E-state index is -0.454. The number of rotatable bonds is 5. The minimum Gasteiger partial charge on any atom is -0.455 e. The van der Waals surface area contributed by atoms with E-state index in [1.54, 1.807) is 0 Å². The van der Waals surface area contributed by atoms with Crippen molar-refractivity contribution in [3.8, 4) is 44.5 Å². The van der Waals surface area contributed by atoms with Crippen LogP contribution in [0, 0.1) is 0 Å². The fourth-order valence-electron chi connectivity index (χ4n) is 9.98. The van der Waals surface area contributed by atoms with E-state index in [-0.39, 0.29) is 0 Å². The molecule has 1 aliphatic carbocycles. The SMILES string of the molecule is c1ccc(C2(c3ccc(-c4cc(-c5cccc6ccccc56)cc5c4oc4ccc(-c6cccc7ccccc67)cc45)cc3)c3ccccc3-c3ccccc32)cc1. The Bertz CT molecular complexity index is 3330. The smallest absolute Gasteiger partial charge is 0.143 e. The first-order valence-corrected chi connectivity index (χ1v) is 20.1. The minimum absolute atomic E-state index is 0.454. The molecule has 1 aliphatic rings. The molecule has 0 saturated heterocycles. The molecule has 270 valence electrons. The van der Waals surface area contributed by atoms with Gasteiger partial charge in [-0.2, -0.15) is 0 Å². The number of benzene rings is 10. The van der Waals surface area contributed by atoms with E-state index in [9.17, 15) is 0 Å². The molecule has 0 N–H and O–H groups in total. The van der Waals surface area contributed by atoms with Crippen molar-refractivity contribution in [1.29, 1.82) is 0 Å². The highest BCUT2D eigenvalue weighted by Gasteiger charge is 2.45. The largest absolute Gasteiger partial charge is 0.455 e. The van der Waals surface area contributed by atoms with Gasteiger partial charge in [0.2, 0.25) is 0 Å². The Morgan fingerprint density at radius 2 is 0.793 bits per heavy atom. The Balaban J connectivity index is 1.09. The van der Waals surface area contributed by atoms with Crippen LogP contribution in [0.15, 0.2) is 223 Å². The lowest BCUT2D eigenvalue weighted by molar-refractivity contribution is 0.670. The van der Waals surface area contributed by atoms with E-state index in [1.165, 1.54) is 77.2 Å². The maximum Gasteiger partial charge on any atom is 0.143 e. The Morgan fingerprint density at radius 3 is 1.47 bits per heavy atom. The highest BCUT2D eigenvalue weighted by molar-refractivity contribution is 6.14. The first-order chi connectivity index (χ1) is 28.8. The van der Waals surface area contributed by atoms with Gasteiger partial charge in [0.15, 0.2) is 0 Å². The molecule has 11 aromatic rings. The molecule has 1 aromatic heterocycles. The van der Waals surface area contributed by atoms with E-state index in [0.717, 1.165) is 33.1 Å². The van der Waals surface area contributed by atoms with Crippen molar-refractivity contribution in [2.24, 2.45) is 0 Å². The topological polar surface area (TPSA) is 13.1 Å². The summed E-state index contributed by atoms with van der Waals surface area (Å²) in [6, 6.07) is 80.0. The predicted molar refractivity (Wildman–Crippen MR) is 242 cm³/mol. The van der Waals surface area contributed by atoms with Crippen molar-refractivity contribution in [2.45, 2.75) is 5.41 Å². The molecular formula is C57H36O. The van der Waals surface area contributed by atoms with Crippen molar-refractivity contribution in [3.63, 3.8) is 0 Å². The molecule has 12 rings (SSSR count). The van der Waals surface area contributed by atoms with Crippen molar-refractivity contribution < 1.29 is 4.42 Å². The van der Waals surface area contributed by atoms with Crippen LogP contribution in [-0.4, -0.2) is 0 Å². The lowest BCUT2D eigenvalue weighted by atomic mass is 9.67. The average molecular weight is 737 g/mol. The summed E-state index contributed by atoms with van der Waals surface area (Å²) < 4.78 is 6.91. The Kier molecular flexibility index (Phi) is 7.21. The standard InChI is InChI=1S/C57H36O/c1-2-18-42(19-3-1)57(53-26-10-8-22-48(53)49-23-9-11-27-54(49)57)43-31-28-39(29-32-43)50-35-41(47-25-13-17-38-15-5-7-21-45(38)47)36-52-51-34-40(30-33-55(51)58-56(50)52)46-24-12-16-37-14-4-6-20-44(37)46/h1-36H. The number of furan rings is 1. The highest BCUT2D eigenvalue weighted by Crippen LogP contribution is 2.56. The van der Waals surface area contributed by atoms with Crippen LogP contribution >= 0.6 is 0 Å². The maximum absolute atomic E-state index is 6.91. The zero-order valence-electron chi connectivity index (χ0n) is 31.7. The van der Waals surface area contributed by atoms with Crippen LogP contribution in [0.25, 0.3) is 88.0 Å².